The summed E-state index contributed by atoms with van der Waals surface area (Å²) in [5, 5.41) is 0. The van der Waals surface area contributed by atoms with Crippen molar-refractivity contribution in [1.29, 1.82) is 0 Å². The summed E-state index contributed by atoms with van der Waals surface area (Å²) in [6.45, 7) is 2.99. The highest BCUT2D eigenvalue weighted by Crippen LogP contribution is 2.22. The molecule has 0 unspecified atom stereocenters. The van der Waals surface area contributed by atoms with Crippen molar-refractivity contribution in [2.75, 3.05) is 0 Å². The molecule has 1 heterocycles. The molecular weight excluding hydrogens is 372 g/mol. The maximum atomic E-state index is 12.3. The standard InChI is InChI=1S/C18H17BrN2OS/c1-2-10-21-15-9-8-14(19)12-16(15)23-18(21)20-17(22)11-13-6-4-3-5-7-13/h3-9,12H,2,10-11H2,1H3. The molecule has 0 aliphatic rings. The highest BCUT2D eigenvalue weighted by molar-refractivity contribution is 9.10. The molecule has 3 rings (SSSR count). The molecular formula is C18H17BrN2OS. The monoisotopic (exact) mass is 388 g/mol. The number of carbonyl (C=O) groups excluding carboxylic acids is 1. The summed E-state index contributed by atoms with van der Waals surface area (Å²) in [6, 6.07) is 15.9. The molecule has 0 aliphatic carbocycles. The Morgan fingerprint density at radius 3 is 2.74 bits per heavy atom. The van der Waals surface area contributed by atoms with Gasteiger partial charge in [-0.05, 0) is 30.2 Å². The number of amides is 1. The number of benzene rings is 2. The first-order valence-electron chi connectivity index (χ1n) is 7.57. The minimum atomic E-state index is -0.105. The zero-order valence-electron chi connectivity index (χ0n) is 12.8. The van der Waals surface area contributed by atoms with Crippen LogP contribution in [0.25, 0.3) is 10.2 Å². The molecule has 0 N–H and O–H groups in total. The number of aryl methyl sites for hydroxylation is 1. The number of aromatic nitrogens is 1. The smallest absolute Gasteiger partial charge is 0.252 e. The van der Waals surface area contributed by atoms with Crippen LogP contribution < -0.4 is 4.80 Å². The number of hydrogen-bond donors (Lipinski definition) is 0. The maximum absolute atomic E-state index is 12.3. The summed E-state index contributed by atoms with van der Waals surface area (Å²) in [7, 11) is 0. The van der Waals surface area contributed by atoms with Crippen molar-refractivity contribution in [2.24, 2.45) is 4.99 Å². The normalized spacial score (nSPS) is 12.0. The summed E-state index contributed by atoms with van der Waals surface area (Å²) in [6.07, 6.45) is 1.34. The highest BCUT2D eigenvalue weighted by Gasteiger charge is 2.08. The second-order valence-electron chi connectivity index (χ2n) is 5.32. The fourth-order valence-corrected chi connectivity index (χ4v) is 4.11. The number of fused-ring (bicyclic) bond motifs is 1. The Hall–Kier alpha value is -1.72. The van der Waals surface area contributed by atoms with Crippen LogP contribution in [0.15, 0.2) is 58.0 Å². The Kier molecular flexibility index (Phi) is 5.08. The van der Waals surface area contributed by atoms with Gasteiger partial charge in [-0.15, -0.1) is 0 Å². The summed E-state index contributed by atoms with van der Waals surface area (Å²) in [5.74, 6) is -0.105. The molecule has 1 aromatic heterocycles. The first-order chi connectivity index (χ1) is 11.2. The van der Waals surface area contributed by atoms with Crippen LogP contribution >= 0.6 is 27.3 Å². The molecule has 2 aromatic carbocycles. The van der Waals surface area contributed by atoms with Gasteiger partial charge in [-0.2, -0.15) is 4.99 Å². The largest absolute Gasteiger partial charge is 0.316 e. The summed E-state index contributed by atoms with van der Waals surface area (Å²) >= 11 is 5.06. The van der Waals surface area contributed by atoms with E-state index in [4.69, 9.17) is 0 Å². The minimum Gasteiger partial charge on any atom is -0.316 e. The van der Waals surface area contributed by atoms with E-state index >= 15 is 0 Å². The van der Waals surface area contributed by atoms with E-state index in [1.165, 1.54) is 0 Å². The predicted molar refractivity (Wildman–Crippen MR) is 98.5 cm³/mol. The number of rotatable bonds is 4. The maximum Gasteiger partial charge on any atom is 0.252 e. The van der Waals surface area contributed by atoms with Crippen molar-refractivity contribution in [3.05, 3.63) is 63.4 Å². The topological polar surface area (TPSA) is 34.4 Å². The van der Waals surface area contributed by atoms with E-state index in [1.54, 1.807) is 11.3 Å². The van der Waals surface area contributed by atoms with Crippen molar-refractivity contribution in [3.63, 3.8) is 0 Å². The lowest BCUT2D eigenvalue weighted by atomic mass is 10.1. The molecule has 5 heteroatoms. The third-order valence-electron chi connectivity index (χ3n) is 3.51. The van der Waals surface area contributed by atoms with E-state index in [2.05, 4.69) is 44.5 Å². The van der Waals surface area contributed by atoms with E-state index in [0.717, 1.165) is 38.0 Å². The van der Waals surface area contributed by atoms with Crippen LogP contribution in [-0.4, -0.2) is 10.5 Å². The third-order valence-corrected chi connectivity index (χ3v) is 5.04. The molecule has 118 valence electrons. The molecule has 3 nitrogen and oxygen atoms in total. The van der Waals surface area contributed by atoms with Crippen LogP contribution in [0, 0.1) is 0 Å². The molecule has 0 atom stereocenters. The number of thiazole rings is 1. The number of carbonyl (C=O) groups is 1. The number of nitrogens with zero attached hydrogens (tertiary/aromatic N) is 2. The van der Waals surface area contributed by atoms with Crippen molar-refractivity contribution in [1.82, 2.24) is 4.57 Å². The van der Waals surface area contributed by atoms with Crippen LogP contribution in [0.3, 0.4) is 0 Å². The van der Waals surface area contributed by atoms with Gasteiger partial charge in [-0.3, -0.25) is 4.79 Å². The Balaban J connectivity index is 2.00. The van der Waals surface area contributed by atoms with Gasteiger partial charge >= 0.3 is 0 Å². The van der Waals surface area contributed by atoms with Gasteiger partial charge in [0.1, 0.15) is 0 Å². The molecule has 0 fully saturated rings. The van der Waals surface area contributed by atoms with E-state index in [0.29, 0.717) is 6.42 Å². The average molecular weight is 389 g/mol. The zero-order chi connectivity index (χ0) is 16.2. The van der Waals surface area contributed by atoms with Crippen LogP contribution in [0.4, 0.5) is 0 Å². The molecule has 1 amide bonds. The van der Waals surface area contributed by atoms with Crippen molar-refractivity contribution in [2.45, 2.75) is 26.3 Å². The Labute approximate surface area is 147 Å². The second kappa shape index (κ2) is 7.23. The van der Waals surface area contributed by atoms with Gasteiger partial charge in [0.15, 0.2) is 4.80 Å². The molecule has 0 saturated carbocycles. The molecule has 0 aliphatic heterocycles. The van der Waals surface area contributed by atoms with Crippen LogP contribution in [0.2, 0.25) is 0 Å². The van der Waals surface area contributed by atoms with E-state index in [9.17, 15) is 4.79 Å². The van der Waals surface area contributed by atoms with Crippen LogP contribution in [-0.2, 0) is 17.8 Å². The first kappa shape index (κ1) is 16.1. The number of hydrogen-bond acceptors (Lipinski definition) is 2. The Bertz CT molecular complexity index is 896. The molecule has 23 heavy (non-hydrogen) atoms. The van der Waals surface area contributed by atoms with Crippen molar-refractivity contribution < 1.29 is 4.79 Å². The lowest BCUT2D eigenvalue weighted by Gasteiger charge is -2.02. The molecule has 0 spiro atoms. The van der Waals surface area contributed by atoms with Gasteiger partial charge in [0, 0.05) is 11.0 Å². The van der Waals surface area contributed by atoms with Gasteiger partial charge in [0.25, 0.3) is 5.91 Å². The quantitative estimate of drug-likeness (QED) is 0.645. The molecule has 0 saturated heterocycles. The van der Waals surface area contributed by atoms with Gasteiger partial charge in [0.05, 0.1) is 16.6 Å². The highest BCUT2D eigenvalue weighted by atomic mass is 79.9. The second-order valence-corrected chi connectivity index (χ2v) is 7.24. The van der Waals surface area contributed by atoms with E-state index < -0.39 is 0 Å². The lowest BCUT2D eigenvalue weighted by molar-refractivity contribution is -0.117. The Morgan fingerprint density at radius 1 is 1.22 bits per heavy atom. The zero-order valence-corrected chi connectivity index (χ0v) is 15.2. The summed E-state index contributed by atoms with van der Waals surface area (Å²) in [5.41, 5.74) is 2.12. The lowest BCUT2D eigenvalue weighted by Crippen LogP contribution is -2.17. The average Bonchev–Trinajstić information content (AvgIpc) is 2.85. The van der Waals surface area contributed by atoms with Crippen molar-refractivity contribution in [3.8, 4) is 0 Å². The summed E-state index contributed by atoms with van der Waals surface area (Å²) < 4.78 is 4.31. The summed E-state index contributed by atoms with van der Waals surface area (Å²) in [4.78, 5) is 17.4. The number of halogens is 1. The molecule has 0 radical (unpaired) electrons. The first-order valence-corrected chi connectivity index (χ1v) is 9.18. The SMILES string of the molecule is CCCn1c(=NC(=O)Cc2ccccc2)sc2cc(Br)ccc21. The van der Waals surface area contributed by atoms with E-state index in [-0.39, 0.29) is 5.91 Å². The van der Waals surface area contributed by atoms with Crippen LogP contribution in [0.5, 0.6) is 0 Å². The Morgan fingerprint density at radius 2 is 2.00 bits per heavy atom. The predicted octanol–water partition coefficient (Wildman–Crippen LogP) is 4.55. The van der Waals surface area contributed by atoms with E-state index in [1.807, 2.05) is 36.4 Å². The fraction of sp³-hybridized carbons (Fsp3) is 0.222. The van der Waals surface area contributed by atoms with Gasteiger partial charge in [-0.1, -0.05) is 64.5 Å². The van der Waals surface area contributed by atoms with Gasteiger partial charge < -0.3 is 4.57 Å². The molecule has 3 aromatic rings. The van der Waals surface area contributed by atoms with Gasteiger partial charge in [-0.25, -0.2) is 0 Å². The fourth-order valence-electron chi connectivity index (χ4n) is 2.49. The van der Waals surface area contributed by atoms with Crippen LogP contribution in [0.1, 0.15) is 18.9 Å². The van der Waals surface area contributed by atoms with Crippen molar-refractivity contribution >= 4 is 43.4 Å². The minimum absolute atomic E-state index is 0.105. The molecule has 0 bridgehead atoms. The third kappa shape index (κ3) is 3.79. The van der Waals surface area contributed by atoms with Gasteiger partial charge in [0.2, 0.25) is 0 Å².